The molecule has 1 heterocycles. The van der Waals surface area contributed by atoms with Crippen molar-refractivity contribution >= 4 is 29.1 Å². The Balaban J connectivity index is 2.11. The lowest BCUT2D eigenvalue weighted by Crippen LogP contribution is -2.22. The molecule has 0 saturated heterocycles. The first-order chi connectivity index (χ1) is 11.0. The fourth-order valence-corrected chi connectivity index (χ4v) is 2.09. The number of nitrogens with zero attached hydrogens (tertiary/aromatic N) is 3. The van der Waals surface area contributed by atoms with Crippen LogP contribution in [0.1, 0.15) is 16.2 Å². The van der Waals surface area contributed by atoms with Crippen LogP contribution in [0.5, 0.6) is 0 Å². The summed E-state index contributed by atoms with van der Waals surface area (Å²) in [5, 5.41) is 6.36. The third-order valence-electron chi connectivity index (χ3n) is 3.05. The van der Waals surface area contributed by atoms with E-state index in [0.717, 1.165) is 12.2 Å². The number of hydrogen-bond acceptors (Lipinski definition) is 5. The number of nitrogens with one attached hydrogen (secondary N) is 2. The van der Waals surface area contributed by atoms with Crippen molar-refractivity contribution in [2.24, 2.45) is 0 Å². The summed E-state index contributed by atoms with van der Waals surface area (Å²) in [6.45, 7) is 3.37. The molecule has 122 valence electrons. The Labute approximate surface area is 140 Å². The summed E-state index contributed by atoms with van der Waals surface area (Å²) in [5.41, 5.74) is 1.57. The average molecular weight is 334 g/mol. The number of para-hydroxylation sites is 1. The molecule has 0 aliphatic rings. The highest BCUT2D eigenvalue weighted by Gasteiger charge is 2.12. The van der Waals surface area contributed by atoms with Crippen molar-refractivity contribution < 1.29 is 4.79 Å². The van der Waals surface area contributed by atoms with Gasteiger partial charge in [0.15, 0.2) is 0 Å². The van der Waals surface area contributed by atoms with Gasteiger partial charge in [0.1, 0.15) is 5.69 Å². The van der Waals surface area contributed by atoms with Crippen LogP contribution in [0.15, 0.2) is 30.3 Å². The third kappa shape index (κ3) is 5.19. The predicted molar refractivity (Wildman–Crippen MR) is 93.2 cm³/mol. The van der Waals surface area contributed by atoms with Crippen molar-refractivity contribution in [1.29, 1.82) is 0 Å². The molecule has 0 bridgehead atoms. The Morgan fingerprint density at radius 3 is 2.70 bits per heavy atom. The van der Waals surface area contributed by atoms with Gasteiger partial charge in [-0.25, -0.2) is 9.97 Å². The minimum atomic E-state index is -0.320. The molecule has 1 aromatic heterocycles. The molecule has 0 radical (unpaired) electrons. The number of halogens is 1. The number of rotatable bonds is 6. The van der Waals surface area contributed by atoms with Gasteiger partial charge in [0.2, 0.25) is 5.95 Å². The molecule has 7 heteroatoms. The summed E-state index contributed by atoms with van der Waals surface area (Å²) in [6, 6.07) is 8.71. The highest BCUT2D eigenvalue weighted by Crippen LogP contribution is 2.21. The second-order valence-electron chi connectivity index (χ2n) is 5.38. The number of aromatic nitrogens is 2. The zero-order chi connectivity index (χ0) is 16.8. The van der Waals surface area contributed by atoms with Crippen LogP contribution in [0.25, 0.3) is 0 Å². The van der Waals surface area contributed by atoms with E-state index in [9.17, 15) is 4.79 Å². The first-order valence-electron chi connectivity index (χ1n) is 7.26. The van der Waals surface area contributed by atoms with Crippen molar-refractivity contribution in [3.63, 3.8) is 0 Å². The summed E-state index contributed by atoms with van der Waals surface area (Å²) < 4.78 is 0. The molecule has 0 aliphatic heterocycles. The first kappa shape index (κ1) is 17.2. The maximum atomic E-state index is 12.4. The lowest BCUT2D eigenvalue weighted by atomic mass is 10.3. The van der Waals surface area contributed by atoms with Crippen molar-refractivity contribution in [3.05, 3.63) is 46.7 Å². The van der Waals surface area contributed by atoms with Crippen LogP contribution in [0.3, 0.4) is 0 Å². The topological polar surface area (TPSA) is 70.2 Å². The van der Waals surface area contributed by atoms with Crippen molar-refractivity contribution in [2.75, 3.05) is 37.8 Å². The van der Waals surface area contributed by atoms with E-state index >= 15 is 0 Å². The summed E-state index contributed by atoms with van der Waals surface area (Å²) >= 11 is 6.05. The minimum Gasteiger partial charge on any atom is -0.353 e. The summed E-state index contributed by atoms with van der Waals surface area (Å²) in [7, 11) is 3.97. The molecule has 0 atom stereocenters. The van der Waals surface area contributed by atoms with Crippen LogP contribution in [-0.4, -0.2) is 48.0 Å². The predicted octanol–water partition coefficient (Wildman–Crippen LogP) is 2.66. The van der Waals surface area contributed by atoms with Crippen LogP contribution >= 0.6 is 11.6 Å². The van der Waals surface area contributed by atoms with Crippen LogP contribution in [0.2, 0.25) is 5.02 Å². The second-order valence-corrected chi connectivity index (χ2v) is 5.79. The van der Waals surface area contributed by atoms with Gasteiger partial charge in [0.05, 0.1) is 10.7 Å². The second kappa shape index (κ2) is 7.89. The van der Waals surface area contributed by atoms with E-state index in [2.05, 4.69) is 20.6 Å². The number of likely N-dealkylation sites (N-methyl/N-ethyl adjacent to an activating group) is 1. The van der Waals surface area contributed by atoms with Gasteiger partial charge in [-0.2, -0.15) is 0 Å². The van der Waals surface area contributed by atoms with Gasteiger partial charge in [-0.3, -0.25) is 4.79 Å². The number of aryl methyl sites for hydroxylation is 1. The Kier molecular flexibility index (Phi) is 5.90. The number of hydrogen-bond donors (Lipinski definition) is 2. The molecule has 2 rings (SSSR count). The van der Waals surface area contributed by atoms with Crippen LogP contribution in [-0.2, 0) is 0 Å². The van der Waals surface area contributed by atoms with Crippen LogP contribution in [0, 0.1) is 6.92 Å². The number of carbonyl (C=O) groups excluding carboxylic acids is 1. The average Bonchev–Trinajstić information content (AvgIpc) is 2.48. The van der Waals surface area contributed by atoms with Crippen molar-refractivity contribution in [3.8, 4) is 0 Å². The first-order valence-corrected chi connectivity index (χ1v) is 7.63. The van der Waals surface area contributed by atoms with E-state index in [1.54, 1.807) is 30.3 Å². The molecule has 0 aliphatic carbocycles. The molecule has 23 heavy (non-hydrogen) atoms. The van der Waals surface area contributed by atoms with E-state index in [1.807, 2.05) is 25.9 Å². The molecular formula is C16H20ClN5O. The number of benzene rings is 1. The summed E-state index contributed by atoms with van der Waals surface area (Å²) in [5.74, 6) is 0.121. The molecule has 0 unspecified atom stereocenters. The maximum absolute atomic E-state index is 12.4. The molecule has 0 spiro atoms. The van der Waals surface area contributed by atoms with Gasteiger partial charge in [-0.15, -0.1) is 0 Å². The Morgan fingerprint density at radius 1 is 1.26 bits per heavy atom. The van der Waals surface area contributed by atoms with Gasteiger partial charge in [-0.1, -0.05) is 23.7 Å². The molecule has 6 nitrogen and oxygen atoms in total. The highest BCUT2D eigenvalue weighted by molar-refractivity contribution is 6.33. The zero-order valence-electron chi connectivity index (χ0n) is 13.4. The zero-order valence-corrected chi connectivity index (χ0v) is 14.2. The molecular weight excluding hydrogens is 314 g/mol. The van der Waals surface area contributed by atoms with Gasteiger partial charge in [-0.05, 0) is 39.2 Å². The van der Waals surface area contributed by atoms with E-state index in [-0.39, 0.29) is 5.91 Å². The van der Waals surface area contributed by atoms with E-state index in [1.165, 1.54) is 0 Å². The highest BCUT2D eigenvalue weighted by atomic mass is 35.5. The van der Waals surface area contributed by atoms with Crippen LogP contribution < -0.4 is 10.6 Å². The number of anilines is 2. The third-order valence-corrected chi connectivity index (χ3v) is 3.38. The normalized spacial score (nSPS) is 10.7. The van der Waals surface area contributed by atoms with Crippen LogP contribution in [0.4, 0.5) is 11.6 Å². The van der Waals surface area contributed by atoms with Crippen molar-refractivity contribution in [1.82, 2.24) is 14.9 Å². The Bertz CT molecular complexity index is 690. The molecule has 1 aromatic carbocycles. The van der Waals surface area contributed by atoms with E-state index < -0.39 is 0 Å². The largest absolute Gasteiger partial charge is 0.353 e. The summed E-state index contributed by atoms with van der Waals surface area (Å²) in [4.78, 5) is 23.0. The van der Waals surface area contributed by atoms with Gasteiger partial charge in [0, 0.05) is 18.8 Å². The molecule has 1 amide bonds. The Hall–Kier alpha value is -2.18. The fourth-order valence-electron chi connectivity index (χ4n) is 1.90. The Morgan fingerprint density at radius 2 is 2.00 bits per heavy atom. The minimum absolute atomic E-state index is 0.296. The summed E-state index contributed by atoms with van der Waals surface area (Å²) in [6.07, 6.45) is 0. The molecule has 2 aromatic rings. The fraction of sp³-hybridized carbons (Fsp3) is 0.312. The number of carbonyl (C=O) groups is 1. The molecule has 2 N–H and O–H groups in total. The van der Waals surface area contributed by atoms with E-state index in [4.69, 9.17) is 11.6 Å². The maximum Gasteiger partial charge on any atom is 0.274 e. The quantitative estimate of drug-likeness (QED) is 0.850. The monoisotopic (exact) mass is 333 g/mol. The lowest BCUT2D eigenvalue weighted by molar-refractivity contribution is 0.102. The lowest BCUT2D eigenvalue weighted by Gasteiger charge is -2.12. The SMILES string of the molecule is Cc1cc(C(=O)Nc2ccccc2Cl)nc(NCCN(C)C)n1. The van der Waals surface area contributed by atoms with Crippen molar-refractivity contribution in [2.45, 2.75) is 6.92 Å². The van der Waals surface area contributed by atoms with E-state index in [0.29, 0.717) is 28.9 Å². The van der Waals surface area contributed by atoms with Gasteiger partial charge < -0.3 is 15.5 Å². The smallest absolute Gasteiger partial charge is 0.274 e. The number of amides is 1. The van der Waals surface area contributed by atoms with Gasteiger partial charge >= 0.3 is 0 Å². The standard InChI is InChI=1S/C16H20ClN5O/c1-11-10-14(21-16(19-11)18-8-9-22(2)3)15(23)20-13-7-5-4-6-12(13)17/h4-7,10H,8-9H2,1-3H3,(H,20,23)(H,18,19,21). The van der Waals surface area contributed by atoms with Gasteiger partial charge in [0.25, 0.3) is 5.91 Å². The molecule has 0 saturated carbocycles. The molecule has 0 fully saturated rings.